The van der Waals surface area contributed by atoms with Crippen molar-refractivity contribution in [1.29, 1.82) is 0 Å². The Morgan fingerprint density at radius 1 is 1.47 bits per heavy atom. The highest BCUT2D eigenvalue weighted by molar-refractivity contribution is 5.85. The third kappa shape index (κ3) is 2.09. The first-order valence-electron chi connectivity index (χ1n) is 4.77. The summed E-state index contributed by atoms with van der Waals surface area (Å²) in [6.07, 6.45) is 0.0783. The molecule has 1 aromatic rings. The van der Waals surface area contributed by atoms with E-state index in [0.717, 1.165) is 16.9 Å². The molecule has 0 bridgehead atoms. The first-order chi connectivity index (χ1) is 6.74. The van der Waals surface area contributed by atoms with Crippen molar-refractivity contribution >= 4 is 12.4 Å². The van der Waals surface area contributed by atoms with E-state index in [-0.39, 0.29) is 24.6 Å². The van der Waals surface area contributed by atoms with Crippen LogP contribution >= 0.6 is 12.4 Å². The minimum atomic E-state index is -0.0474. The Morgan fingerprint density at radius 3 is 2.87 bits per heavy atom. The molecule has 15 heavy (non-hydrogen) atoms. The number of hydrogen-bond acceptors (Lipinski definition) is 3. The second kappa shape index (κ2) is 4.84. The van der Waals surface area contributed by atoms with Gasteiger partial charge in [0.05, 0.1) is 25.9 Å². The van der Waals surface area contributed by atoms with Crippen molar-refractivity contribution in [2.45, 2.75) is 25.7 Å². The fourth-order valence-corrected chi connectivity index (χ4v) is 1.81. The van der Waals surface area contributed by atoms with Crippen LogP contribution in [0.3, 0.4) is 0 Å². The van der Waals surface area contributed by atoms with Crippen LogP contribution < -0.4 is 10.5 Å². The highest BCUT2D eigenvalue weighted by Gasteiger charge is 2.25. The summed E-state index contributed by atoms with van der Waals surface area (Å²) in [5.41, 5.74) is 8.26. The van der Waals surface area contributed by atoms with Gasteiger partial charge in [0.1, 0.15) is 5.75 Å². The molecule has 0 fully saturated rings. The van der Waals surface area contributed by atoms with Crippen LogP contribution in [0, 0.1) is 0 Å². The Morgan fingerprint density at radius 2 is 2.20 bits per heavy atom. The zero-order valence-corrected chi connectivity index (χ0v) is 9.71. The number of methoxy groups -OCH3 is 1. The molecule has 1 heterocycles. The van der Waals surface area contributed by atoms with Crippen LogP contribution in [0.5, 0.6) is 5.75 Å². The number of hydrogen-bond donors (Lipinski definition) is 1. The monoisotopic (exact) mass is 229 g/mol. The van der Waals surface area contributed by atoms with Crippen molar-refractivity contribution in [3.63, 3.8) is 0 Å². The lowest BCUT2D eigenvalue weighted by molar-refractivity contribution is 0.0201. The summed E-state index contributed by atoms with van der Waals surface area (Å²) >= 11 is 0. The lowest BCUT2D eigenvalue weighted by atomic mass is 9.95. The molecule has 1 aromatic carbocycles. The van der Waals surface area contributed by atoms with E-state index in [2.05, 4.69) is 0 Å². The number of rotatable bonds is 1. The van der Waals surface area contributed by atoms with Gasteiger partial charge in [0.2, 0.25) is 0 Å². The van der Waals surface area contributed by atoms with Crippen molar-refractivity contribution in [2.24, 2.45) is 5.73 Å². The normalized spacial score (nSPS) is 23.9. The second-order valence-electron chi connectivity index (χ2n) is 3.57. The SMILES string of the molecule is COc1cccc2c1CO[C@@H](C)[C@H]2N.Cl. The summed E-state index contributed by atoms with van der Waals surface area (Å²) in [6.45, 7) is 2.58. The molecule has 0 spiro atoms. The average Bonchev–Trinajstić information content (AvgIpc) is 2.23. The van der Waals surface area contributed by atoms with E-state index in [0.29, 0.717) is 6.61 Å². The quantitative estimate of drug-likeness (QED) is 0.802. The van der Waals surface area contributed by atoms with Crippen LogP contribution in [0.15, 0.2) is 18.2 Å². The summed E-state index contributed by atoms with van der Waals surface area (Å²) in [6, 6.07) is 5.90. The van der Waals surface area contributed by atoms with Gasteiger partial charge in [-0.3, -0.25) is 0 Å². The van der Waals surface area contributed by atoms with E-state index in [1.807, 2.05) is 25.1 Å². The molecule has 0 aliphatic carbocycles. The molecular formula is C11H16ClNO2. The number of ether oxygens (including phenoxy) is 2. The Bertz CT molecular complexity index is 343. The van der Waals surface area contributed by atoms with Gasteiger partial charge in [-0.1, -0.05) is 12.1 Å². The standard InChI is InChI=1S/C11H15NO2.ClH/c1-7-11(12)8-4-3-5-10(13-2)9(8)6-14-7;/h3-5,7,11H,6,12H2,1-2H3;1H/t7-,11+;/m0./s1. The maximum absolute atomic E-state index is 6.03. The van der Waals surface area contributed by atoms with Gasteiger partial charge in [-0.15, -0.1) is 12.4 Å². The van der Waals surface area contributed by atoms with Gasteiger partial charge in [-0.25, -0.2) is 0 Å². The molecule has 1 aliphatic rings. The number of halogens is 1. The zero-order valence-electron chi connectivity index (χ0n) is 8.90. The van der Waals surface area contributed by atoms with Gasteiger partial charge in [0.25, 0.3) is 0 Å². The molecule has 0 radical (unpaired) electrons. The van der Waals surface area contributed by atoms with Gasteiger partial charge < -0.3 is 15.2 Å². The zero-order chi connectivity index (χ0) is 10.1. The van der Waals surface area contributed by atoms with Gasteiger partial charge >= 0.3 is 0 Å². The van der Waals surface area contributed by atoms with E-state index in [4.69, 9.17) is 15.2 Å². The highest BCUT2D eigenvalue weighted by atomic mass is 35.5. The van der Waals surface area contributed by atoms with Crippen molar-refractivity contribution in [3.05, 3.63) is 29.3 Å². The van der Waals surface area contributed by atoms with Crippen LogP contribution in [0.4, 0.5) is 0 Å². The van der Waals surface area contributed by atoms with E-state index < -0.39 is 0 Å². The Kier molecular flexibility index (Phi) is 3.97. The molecule has 2 N–H and O–H groups in total. The van der Waals surface area contributed by atoms with Crippen LogP contribution in [0.2, 0.25) is 0 Å². The lowest BCUT2D eigenvalue weighted by Gasteiger charge is -2.29. The minimum Gasteiger partial charge on any atom is -0.496 e. The number of benzene rings is 1. The third-order valence-electron chi connectivity index (χ3n) is 2.74. The highest BCUT2D eigenvalue weighted by Crippen LogP contribution is 2.33. The van der Waals surface area contributed by atoms with E-state index in [1.54, 1.807) is 7.11 Å². The molecular weight excluding hydrogens is 214 g/mol. The maximum atomic E-state index is 6.03. The number of fused-ring (bicyclic) bond motifs is 1. The Hall–Kier alpha value is -0.770. The molecule has 4 heteroatoms. The van der Waals surface area contributed by atoms with Gasteiger partial charge in [-0.05, 0) is 18.6 Å². The lowest BCUT2D eigenvalue weighted by Crippen LogP contribution is -2.31. The smallest absolute Gasteiger partial charge is 0.124 e. The van der Waals surface area contributed by atoms with Crippen molar-refractivity contribution < 1.29 is 9.47 Å². The molecule has 1 aliphatic heterocycles. The summed E-state index contributed by atoms with van der Waals surface area (Å²) < 4.78 is 10.8. The molecule has 3 nitrogen and oxygen atoms in total. The number of nitrogens with two attached hydrogens (primary N) is 1. The summed E-state index contributed by atoms with van der Waals surface area (Å²) in [7, 11) is 1.67. The van der Waals surface area contributed by atoms with Crippen molar-refractivity contribution in [2.75, 3.05) is 7.11 Å². The Balaban J connectivity index is 0.00000112. The van der Waals surface area contributed by atoms with Gasteiger partial charge in [-0.2, -0.15) is 0 Å². The predicted molar refractivity (Wildman–Crippen MR) is 61.4 cm³/mol. The van der Waals surface area contributed by atoms with Gasteiger partial charge in [0, 0.05) is 5.56 Å². The summed E-state index contributed by atoms with van der Waals surface area (Å²) in [4.78, 5) is 0. The van der Waals surface area contributed by atoms with Crippen molar-refractivity contribution in [1.82, 2.24) is 0 Å². The summed E-state index contributed by atoms with van der Waals surface area (Å²) in [5.74, 6) is 0.866. The average molecular weight is 230 g/mol. The molecule has 0 saturated carbocycles. The topological polar surface area (TPSA) is 44.5 Å². The molecule has 84 valence electrons. The molecule has 0 unspecified atom stereocenters. The molecule has 2 rings (SSSR count). The molecule has 0 saturated heterocycles. The summed E-state index contributed by atoms with van der Waals surface area (Å²) in [5, 5.41) is 0. The predicted octanol–water partition coefficient (Wildman–Crippen LogP) is 2.04. The first kappa shape index (κ1) is 12.3. The van der Waals surface area contributed by atoms with Crippen LogP contribution in [0.1, 0.15) is 24.1 Å². The van der Waals surface area contributed by atoms with Crippen LogP contribution in [-0.4, -0.2) is 13.2 Å². The van der Waals surface area contributed by atoms with E-state index in [9.17, 15) is 0 Å². The maximum Gasteiger partial charge on any atom is 0.124 e. The van der Waals surface area contributed by atoms with E-state index >= 15 is 0 Å². The third-order valence-corrected chi connectivity index (χ3v) is 2.74. The molecule has 0 amide bonds. The van der Waals surface area contributed by atoms with Crippen LogP contribution in [-0.2, 0) is 11.3 Å². The first-order valence-corrected chi connectivity index (χ1v) is 4.77. The van der Waals surface area contributed by atoms with Gasteiger partial charge in [0.15, 0.2) is 0 Å². The minimum absolute atomic E-state index is 0. The molecule has 0 aromatic heterocycles. The second-order valence-corrected chi connectivity index (χ2v) is 3.57. The van der Waals surface area contributed by atoms with E-state index in [1.165, 1.54) is 0 Å². The van der Waals surface area contributed by atoms with Crippen molar-refractivity contribution in [3.8, 4) is 5.75 Å². The Labute approximate surface area is 96.0 Å². The van der Waals surface area contributed by atoms with Crippen LogP contribution in [0.25, 0.3) is 0 Å². The molecule has 2 atom stereocenters. The largest absolute Gasteiger partial charge is 0.496 e. The fraction of sp³-hybridized carbons (Fsp3) is 0.455. The fourth-order valence-electron chi connectivity index (χ4n) is 1.81.